The van der Waals surface area contributed by atoms with Gasteiger partial charge < -0.3 is 5.73 Å². The van der Waals surface area contributed by atoms with E-state index in [2.05, 4.69) is 38.1 Å². The van der Waals surface area contributed by atoms with Crippen LogP contribution in [0.4, 0.5) is 0 Å². The molecule has 15 heavy (non-hydrogen) atoms. The van der Waals surface area contributed by atoms with Gasteiger partial charge in [0.15, 0.2) is 0 Å². The Bertz CT molecular complexity index is 275. The van der Waals surface area contributed by atoms with E-state index < -0.39 is 0 Å². The van der Waals surface area contributed by atoms with E-state index in [0.29, 0.717) is 0 Å². The highest BCUT2D eigenvalue weighted by Gasteiger charge is 2.05. The van der Waals surface area contributed by atoms with Crippen LogP contribution in [0.15, 0.2) is 29.2 Å². The molecule has 0 radical (unpaired) electrons. The van der Waals surface area contributed by atoms with Crippen LogP contribution in [0.25, 0.3) is 0 Å². The topological polar surface area (TPSA) is 26.0 Å². The molecule has 0 aromatic heterocycles. The van der Waals surface area contributed by atoms with Crippen molar-refractivity contribution in [2.24, 2.45) is 5.73 Å². The first-order chi connectivity index (χ1) is 7.17. The fourth-order valence-corrected chi connectivity index (χ4v) is 2.51. The molecule has 1 aromatic carbocycles. The number of thioether (sulfide) groups is 1. The summed E-state index contributed by atoms with van der Waals surface area (Å²) in [6.07, 6.45) is 2.46. The second-order valence-corrected chi connectivity index (χ2v) is 5.29. The molecule has 2 N–H and O–H groups in total. The van der Waals surface area contributed by atoms with Gasteiger partial charge in [0.1, 0.15) is 0 Å². The van der Waals surface area contributed by atoms with E-state index in [1.165, 1.54) is 23.3 Å². The summed E-state index contributed by atoms with van der Waals surface area (Å²) in [6.45, 7) is 6.51. The first-order valence-electron chi connectivity index (χ1n) is 5.69. The molecule has 1 unspecified atom stereocenters. The molecule has 1 aromatic rings. The molecule has 0 aliphatic carbocycles. The second kappa shape index (κ2) is 6.19. The van der Waals surface area contributed by atoms with Gasteiger partial charge in [-0.25, -0.2) is 0 Å². The molecule has 0 aliphatic heterocycles. The van der Waals surface area contributed by atoms with E-state index in [0.717, 1.165) is 5.25 Å². The highest BCUT2D eigenvalue weighted by atomic mass is 32.2. The molecular formula is C13H21NS. The van der Waals surface area contributed by atoms with Crippen molar-refractivity contribution in [3.63, 3.8) is 0 Å². The van der Waals surface area contributed by atoms with Gasteiger partial charge >= 0.3 is 0 Å². The normalized spacial score (nSPS) is 13.1. The summed E-state index contributed by atoms with van der Waals surface area (Å²) in [5, 5.41) is 0.742. The summed E-state index contributed by atoms with van der Waals surface area (Å²) in [4.78, 5) is 1.35. The molecule has 0 amide bonds. The standard InChI is InChI=1S/C13H21NS/c1-4-12(5-2)15-13-8-6-11(7-9-13)10(3)14/h6-10,12H,4-5,14H2,1-3H3. The lowest BCUT2D eigenvalue weighted by molar-refractivity contribution is 0.791. The highest BCUT2D eigenvalue weighted by Crippen LogP contribution is 2.28. The molecule has 1 atom stereocenters. The van der Waals surface area contributed by atoms with Crippen molar-refractivity contribution in [3.8, 4) is 0 Å². The molecule has 2 heteroatoms. The van der Waals surface area contributed by atoms with Crippen LogP contribution in [-0.4, -0.2) is 5.25 Å². The molecule has 84 valence electrons. The minimum Gasteiger partial charge on any atom is -0.324 e. The Labute approximate surface area is 97.4 Å². The van der Waals surface area contributed by atoms with Gasteiger partial charge in [-0.15, -0.1) is 11.8 Å². The molecular weight excluding hydrogens is 202 g/mol. The van der Waals surface area contributed by atoms with Crippen LogP contribution < -0.4 is 5.73 Å². The summed E-state index contributed by atoms with van der Waals surface area (Å²) in [7, 11) is 0. The Morgan fingerprint density at radius 1 is 1.13 bits per heavy atom. The van der Waals surface area contributed by atoms with Gasteiger partial charge in [-0.3, -0.25) is 0 Å². The summed E-state index contributed by atoms with van der Waals surface area (Å²) in [6, 6.07) is 8.77. The number of rotatable bonds is 5. The zero-order chi connectivity index (χ0) is 11.3. The van der Waals surface area contributed by atoms with Crippen molar-refractivity contribution < 1.29 is 0 Å². The Hall–Kier alpha value is -0.470. The molecule has 0 fully saturated rings. The third-order valence-electron chi connectivity index (χ3n) is 2.62. The summed E-state index contributed by atoms with van der Waals surface area (Å²) < 4.78 is 0. The quantitative estimate of drug-likeness (QED) is 0.764. The smallest absolute Gasteiger partial charge is 0.0266 e. The number of nitrogens with two attached hydrogens (primary N) is 1. The average Bonchev–Trinajstić information content (AvgIpc) is 2.26. The van der Waals surface area contributed by atoms with Crippen LogP contribution in [0.3, 0.4) is 0 Å². The Morgan fingerprint density at radius 3 is 2.07 bits per heavy atom. The second-order valence-electron chi connectivity index (χ2n) is 3.91. The van der Waals surface area contributed by atoms with E-state index in [1.54, 1.807) is 0 Å². The van der Waals surface area contributed by atoms with Crippen LogP contribution in [-0.2, 0) is 0 Å². The number of hydrogen-bond donors (Lipinski definition) is 1. The maximum absolute atomic E-state index is 5.81. The summed E-state index contributed by atoms with van der Waals surface area (Å²) in [5.74, 6) is 0. The van der Waals surface area contributed by atoms with Gasteiger partial charge in [0.25, 0.3) is 0 Å². The lowest BCUT2D eigenvalue weighted by Gasteiger charge is -2.12. The van der Waals surface area contributed by atoms with Crippen molar-refractivity contribution in [3.05, 3.63) is 29.8 Å². The fourth-order valence-electron chi connectivity index (χ4n) is 1.50. The first kappa shape index (κ1) is 12.6. The molecule has 1 nitrogen and oxygen atoms in total. The van der Waals surface area contributed by atoms with Crippen LogP contribution in [0.1, 0.15) is 45.2 Å². The molecule has 0 heterocycles. The highest BCUT2D eigenvalue weighted by molar-refractivity contribution is 8.00. The third kappa shape index (κ3) is 3.88. The molecule has 1 rings (SSSR count). The molecule has 0 saturated heterocycles. The zero-order valence-corrected chi connectivity index (χ0v) is 10.7. The van der Waals surface area contributed by atoms with E-state index in [-0.39, 0.29) is 6.04 Å². The molecule has 0 saturated carbocycles. The predicted octanol–water partition coefficient (Wildman–Crippen LogP) is 3.99. The van der Waals surface area contributed by atoms with Crippen molar-refractivity contribution in [1.29, 1.82) is 0 Å². The Balaban J connectivity index is 2.63. The van der Waals surface area contributed by atoms with Crippen LogP contribution in [0, 0.1) is 0 Å². The molecule has 0 bridgehead atoms. The lowest BCUT2D eigenvalue weighted by atomic mass is 10.1. The monoisotopic (exact) mass is 223 g/mol. The third-order valence-corrected chi connectivity index (χ3v) is 4.16. The Morgan fingerprint density at radius 2 is 1.67 bits per heavy atom. The molecule has 0 spiro atoms. The lowest BCUT2D eigenvalue weighted by Crippen LogP contribution is -2.04. The van der Waals surface area contributed by atoms with Gasteiger partial charge in [0, 0.05) is 16.2 Å². The summed E-state index contributed by atoms with van der Waals surface area (Å²) >= 11 is 1.97. The van der Waals surface area contributed by atoms with Crippen molar-refractivity contribution in [1.82, 2.24) is 0 Å². The SMILES string of the molecule is CCC(CC)Sc1ccc(C(C)N)cc1. The zero-order valence-electron chi connectivity index (χ0n) is 9.86. The first-order valence-corrected chi connectivity index (χ1v) is 6.57. The number of hydrogen-bond acceptors (Lipinski definition) is 2. The van der Waals surface area contributed by atoms with Crippen LogP contribution in [0.2, 0.25) is 0 Å². The van der Waals surface area contributed by atoms with Crippen LogP contribution in [0.5, 0.6) is 0 Å². The van der Waals surface area contributed by atoms with Gasteiger partial charge in [0.2, 0.25) is 0 Å². The van der Waals surface area contributed by atoms with E-state index in [4.69, 9.17) is 5.73 Å². The van der Waals surface area contributed by atoms with Crippen LogP contribution >= 0.6 is 11.8 Å². The van der Waals surface area contributed by atoms with Crippen molar-refractivity contribution in [2.75, 3.05) is 0 Å². The van der Waals surface area contributed by atoms with Gasteiger partial charge in [-0.1, -0.05) is 26.0 Å². The minimum absolute atomic E-state index is 0.136. The molecule has 0 aliphatic rings. The van der Waals surface area contributed by atoms with Gasteiger partial charge in [-0.05, 0) is 37.5 Å². The summed E-state index contributed by atoms with van der Waals surface area (Å²) in [5.41, 5.74) is 7.02. The van der Waals surface area contributed by atoms with Crippen molar-refractivity contribution in [2.45, 2.75) is 49.8 Å². The maximum atomic E-state index is 5.81. The maximum Gasteiger partial charge on any atom is 0.0266 e. The Kier molecular flexibility index (Phi) is 5.20. The predicted molar refractivity (Wildman–Crippen MR) is 69.3 cm³/mol. The van der Waals surface area contributed by atoms with E-state index >= 15 is 0 Å². The van der Waals surface area contributed by atoms with Gasteiger partial charge in [0.05, 0.1) is 0 Å². The average molecular weight is 223 g/mol. The fraction of sp³-hybridized carbons (Fsp3) is 0.538. The largest absolute Gasteiger partial charge is 0.324 e. The van der Waals surface area contributed by atoms with Gasteiger partial charge in [-0.2, -0.15) is 0 Å². The van der Waals surface area contributed by atoms with Crippen molar-refractivity contribution >= 4 is 11.8 Å². The van der Waals surface area contributed by atoms with E-state index in [1.807, 2.05) is 18.7 Å². The van der Waals surface area contributed by atoms with E-state index in [9.17, 15) is 0 Å². The minimum atomic E-state index is 0.136. The number of benzene rings is 1.